The molecule has 2 aliphatic heterocycles. The van der Waals surface area contributed by atoms with Crippen molar-refractivity contribution in [2.75, 3.05) is 26.2 Å². The van der Waals surface area contributed by atoms with E-state index in [2.05, 4.69) is 27.7 Å². The number of carbonyl (C=O) groups excluding carboxylic acids is 2. The average Bonchev–Trinajstić information content (AvgIpc) is 2.46. The molecule has 0 aromatic heterocycles. The van der Waals surface area contributed by atoms with Gasteiger partial charge in [0.2, 0.25) is 5.91 Å². The predicted octanol–water partition coefficient (Wildman–Crippen LogP) is 0.491. The van der Waals surface area contributed by atoms with Crippen molar-refractivity contribution in [3.63, 3.8) is 0 Å². The number of hydrazone groups is 1. The number of hydrogen-bond donors (Lipinski definition) is 2. The Morgan fingerprint density at radius 1 is 1.35 bits per heavy atom. The SMILES string of the molecule is CC(CNC(=O)C1=NNC(=O)CC1)CN1CCCCC1. The fourth-order valence-electron chi connectivity index (χ4n) is 2.65. The molecule has 2 aliphatic rings. The van der Waals surface area contributed by atoms with Crippen LogP contribution in [0.2, 0.25) is 0 Å². The monoisotopic (exact) mass is 280 g/mol. The second-order valence-electron chi connectivity index (χ2n) is 5.77. The largest absolute Gasteiger partial charge is 0.351 e. The second kappa shape index (κ2) is 7.38. The zero-order valence-corrected chi connectivity index (χ0v) is 12.2. The first-order valence-electron chi connectivity index (χ1n) is 7.51. The molecule has 0 aliphatic carbocycles. The van der Waals surface area contributed by atoms with Crippen molar-refractivity contribution in [2.24, 2.45) is 11.0 Å². The van der Waals surface area contributed by atoms with E-state index in [0.29, 0.717) is 31.0 Å². The molecule has 0 aromatic rings. The van der Waals surface area contributed by atoms with Crippen molar-refractivity contribution < 1.29 is 9.59 Å². The fraction of sp³-hybridized carbons (Fsp3) is 0.786. The van der Waals surface area contributed by atoms with Gasteiger partial charge in [0.25, 0.3) is 5.91 Å². The lowest BCUT2D eigenvalue weighted by atomic mass is 10.1. The van der Waals surface area contributed by atoms with Crippen molar-refractivity contribution >= 4 is 17.5 Å². The fourth-order valence-corrected chi connectivity index (χ4v) is 2.65. The third-order valence-electron chi connectivity index (χ3n) is 3.80. The Bertz CT molecular complexity index is 389. The first kappa shape index (κ1) is 15.0. The third-order valence-corrected chi connectivity index (χ3v) is 3.80. The van der Waals surface area contributed by atoms with Crippen LogP contribution in [0.15, 0.2) is 5.10 Å². The van der Waals surface area contributed by atoms with E-state index in [1.54, 1.807) is 0 Å². The highest BCUT2D eigenvalue weighted by Gasteiger charge is 2.19. The van der Waals surface area contributed by atoms with E-state index in [-0.39, 0.29) is 11.8 Å². The van der Waals surface area contributed by atoms with Crippen molar-refractivity contribution in [1.29, 1.82) is 0 Å². The van der Waals surface area contributed by atoms with Crippen LogP contribution >= 0.6 is 0 Å². The molecule has 1 fully saturated rings. The molecule has 112 valence electrons. The van der Waals surface area contributed by atoms with Crippen LogP contribution in [-0.4, -0.2) is 48.6 Å². The number of rotatable bonds is 5. The van der Waals surface area contributed by atoms with Gasteiger partial charge in [0, 0.05) is 25.9 Å². The zero-order valence-electron chi connectivity index (χ0n) is 12.2. The van der Waals surface area contributed by atoms with E-state index in [4.69, 9.17) is 0 Å². The summed E-state index contributed by atoms with van der Waals surface area (Å²) in [6, 6.07) is 0. The zero-order chi connectivity index (χ0) is 14.4. The maximum Gasteiger partial charge on any atom is 0.267 e. The van der Waals surface area contributed by atoms with Gasteiger partial charge in [-0.1, -0.05) is 13.3 Å². The molecule has 20 heavy (non-hydrogen) atoms. The van der Waals surface area contributed by atoms with E-state index in [1.807, 2.05) is 0 Å². The lowest BCUT2D eigenvalue weighted by molar-refractivity contribution is -0.121. The van der Waals surface area contributed by atoms with Crippen LogP contribution in [0.1, 0.15) is 39.0 Å². The summed E-state index contributed by atoms with van der Waals surface area (Å²) in [4.78, 5) is 25.3. The Morgan fingerprint density at radius 2 is 2.10 bits per heavy atom. The van der Waals surface area contributed by atoms with E-state index >= 15 is 0 Å². The van der Waals surface area contributed by atoms with E-state index in [1.165, 1.54) is 32.4 Å². The highest BCUT2D eigenvalue weighted by Crippen LogP contribution is 2.10. The first-order chi connectivity index (χ1) is 9.65. The quantitative estimate of drug-likeness (QED) is 0.770. The Morgan fingerprint density at radius 3 is 2.75 bits per heavy atom. The van der Waals surface area contributed by atoms with Gasteiger partial charge in [-0.3, -0.25) is 9.59 Å². The van der Waals surface area contributed by atoms with Gasteiger partial charge in [-0.25, -0.2) is 5.43 Å². The highest BCUT2D eigenvalue weighted by molar-refractivity contribution is 6.39. The normalized spacial score (nSPS) is 21.9. The molecule has 0 spiro atoms. The van der Waals surface area contributed by atoms with Gasteiger partial charge in [-0.15, -0.1) is 0 Å². The molecule has 2 rings (SSSR count). The Labute approximate surface area is 120 Å². The Hall–Kier alpha value is -1.43. The molecule has 2 heterocycles. The van der Waals surface area contributed by atoms with Gasteiger partial charge >= 0.3 is 0 Å². The number of amides is 2. The summed E-state index contributed by atoms with van der Waals surface area (Å²) in [7, 11) is 0. The van der Waals surface area contributed by atoms with Gasteiger partial charge in [0.05, 0.1) is 0 Å². The van der Waals surface area contributed by atoms with Gasteiger partial charge in [-0.2, -0.15) is 5.10 Å². The van der Waals surface area contributed by atoms with Crippen LogP contribution in [0.5, 0.6) is 0 Å². The number of hydrogen-bond acceptors (Lipinski definition) is 4. The number of nitrogens with zero attached hydrogens (tertiary/aromatic N) is 2. The highest BCUT2D eigenvalue weighted by atomic mass is 16.2. The molecule has 1 unspecified atom stereocenters. The standard InChI is InChI=1S/C14H24N4O2/c1-11(10-18-7-3-2-4-8-18)9-15-14(20)12-5-6-13(19)17-16-12/h11H,2-10H2,1H3,(H,15,20)(H,17,19). The average molecular weight is 280 g/mol. The minimum absolute atomic E-state index is 0.125. The van der Waals surface area contributed by atoms with Gasteiger partial charge in [0.15, 0.2) is 0 Å². The molecule has 0 saturated carbocycles. The Balaban J connectivity index is 1.68. The van der Waals surface area contributed by atoms with Crippen molar-refractivity contribution in [1.82, 2.24) is 15.6 Å². The number of piperidine rings is 1. The summed E-state index contributed by atoms with van der Waals surface area (Å²) in [5.74, 6) is 0.145. The molecular weight excluding hydrogens is 256 g/mol. The molecule has 2 amide bonds. The van der Waals surface area contributed by atoms with Crippen LogP contribution in [0.3, 0.4) is 0 Å². The molecule has 0 aromatic carbocycles. The van der Waals surface area contributed by atoms with Crippen LogP contribution in [0, 0.1) is 5.92 Å². The van der Waals surface area contributed by atoms with Crippen LogP contribution < -0.4 is 10.7 Å². The van der Waals surface area contributed by atoms with Crippen LogP contribution in [0.25, 0.3) is 0 Å². The van der Waals surface area contributed by atoms with Gasteiger partial charge in [0.1, 0.15) is 5.71 Å². The van der Waals surface area contributed by atoms with Crippen LogP contribution in [0.4, 0.5) is 0 Å². The van der Waals surface area contributed by atoms with E-state index in [9.17, 15) is 9.59 Å². The molecule has 1 atom stereocenters. The molecule has 1 saturated heterocycles. The summed E-state index contributed by atoms with van der Waals surface area (Å²) in [6.07, 6.45) is 4.69. The summed E-state index contributed by atoms with van der Waals surface area (Å²) < 4.78 is 0. The van der Waals surface area contributed by atoms with Gasteiger partial charge in [-0.05, 0) is 31.8 Å². The topological polar surface area (TPSA) is 73.8 Å². The van der Waals surface area contributed by atoms with Gasteiger partial charge < -0.3 is 10.2 Å². The number of nitrogens with one attached hydrogen (secondary N) is 2. The summed E-state index contributed by atoms with van der Waals surface area (Å²) in [5, 5.41) is 6.71. The summed E-state index contributed by atoms with van der Waals surface area (Å²) in [5.41, 5.74) is 2.77. The van der Waals surface area contributed by atoms with Crippen molar-refractivity contribution in [2.45, 2.75) is 39.0 Å². The first-order valence-corrected chi connectivity index (χ1v) is 7.51. The lowest BCUT2D eigenvalue weighted by Gasteiger charge is -2.29. The third kappa shape index (κ3) is 4.59. The molecule has 0 radical (unpaired) electrons. The molecule has 6 nitrogen and oxygen atoms in total. The number of likely N-dealkylation sites (tertiary alicyclic amines) is 1. The van der Waals surface area contributed by atoms with Crippen molar-refractivity contribution in [3.05, 3.63) is 0 Å². The maximum absolute atomic E-state index is 11.9. The Kier molecular flexibility index (Phi) is 5.52. The van der Waals surface area contributed by atoms with E-state index in [0.717, 1.165) is 6.54 Å². The minimum atomic E-state index is -0.157. The second-order valence-corrected chi connectivity index (χ2v) is 5.77. The molecule has 6 heteroatoms. The molecular formula is C14H24N4O2. The molecule has 2 N–H and O–H groups in total. The van der Waals surface area contributed by atoms with Crippen LogP contribution in [-0.2, 0) is 9.59 Å². The molecule has 0 bridgehead atoms. The number of carbonyl (C=O) groups is 2. The van der Waals surface area contributed by atoms with E-state index < -0.39 is 0 Å². The smallest absolute Gasteiger partial charge is 0.267 e. The predicted molar refractivity (Wildman–Crippen MR) is 77.3 cm³/mol. The minimum Gasteiger partial charge on any atom is -0.351 e. The lowest BCUT2D eigenvalue weighted by Crippen LogP contribution is -2.41. The summed E-state index contributed by atoms with van der Waals surface area (Å²) >= 11 is 0. The summed E-state index contributed by atoms with van der Waals surface area (Å²) in [6.45, 7) is 6.19. The van der Waals surface area contributed by atoms with Crippen molar-refractivity contribution in [3.8, 4) is 0 Å². The maximum atomic E-state index is 11.9.